The van der Waals surface area contributed by atoms with Gasteiger partial charge in [0.2, 0.25) is 0 Å². The van der Waals surface area contributed by atoms with Crippen LogP contribution in [0.1, 0.15) is 22.3 Å². The molecule has 2 aliphatic carbocycles. The fourth-order valence-electron chi connectivity index (χ4n) is 5.76. The van der Waals surface area contributed by atoms with Crippen LogP contribution in [0.2, 0.25) is 0 Å². The average molecular weight is 465 g/mol. The molecule has 0 radical (unpaired) electrons. The molecule has 0 bridgehead atoms. The van der Waals surface area contributed by atoms with Crippen molar-refractivity contribution in [3.05, 3.63) is 142 Å². The van der Waals surface area contributed by atoms with Crippen molar-refractivity contribution in [3.8, 4) is 33.8 Å². The Balaban J connectivity index is 1.57. The molecule has 0 fully saturated rings. The molecule has 0 amide bonds. The number of benzene rings is 5. The third-order valence-corrected chi connectivity index (χ3v) is 7.43. The van der Waals surface area contributed by atoms with Gasteiger partial charge in [0.15, 0.2) is 0 Å². The zero-order valence-corrected chi connectivity index (χ0v) is 20.2. The highest BCUT2D eigenvalue weighted by atomic mass is 16.5. The van der Waals surface area contributed by atoms with E-state index in [4.69, 9.17) is 9.47 Å². The fraction of sp³-hybridized carbons (Fsp3) is 0.0588. The highest BCUT2D eigenvalue weighted by molar-refractivity contribution is 6.00. The molecular weight excluding hydrogens is 440 g/mol. The summed E-state index contributed by atoms with van der Waals surface area (Å²) >= 11 is 0. The van der Waals surface area contributed by atoms with Gasteiger partial charge in [-0.25, -0.2) is 0 Å². The number of fused-ring (bicyclic) bond motifs is 6. The number of hydrogen-bond donors (Lipinski definition) is 0. The monoisotopic (exact) mass is 464 g/mol. The molecular formula is C34H24O2. The smallest absolute Gasteiger partial charge is 0.118 e. The predicted octanol–water partition coefficient (Wildman–Crippen LogP) is 6.16. The van der Waals surface area contributed by atoms with Gasteiger partial charge < -0.3 is 9.47 Å². The summed E-state index contributed by atoms with van der Waals surface area (Å²) in [7, 11) is 3.42. The number of rotatable bonds is 4. The summed E-state index contributed by atoms with van der Waals surface area (Å²) in [5.74, 6) is 1.74. The van der Waals surface area contributed by atoms with Crippen LogP contribution in [0.3, 0.4) is 0 Å². The molecule has 2 heteroatoms. The molecule has 0 unspecified atom stereocenters. The molecule has 0 saturated heterocycles. The maximum absolute atomic E-state index is 5.42. The van der Waals surface area contributed by atoms with Crippen LogP contribution in [0.4, 0.5) is 0 Å². The van der Waals surface area contributed by atoms with Gasteiger partial charge in [0.05, 0.1) is 14.2 Å². The Morgan fingerprint density at radius 1 is 0.389 bits per heavy atom. The van der Waals surface area contributed by atoms with Crippen molar-refractivity contribution in [2.75, 3.05) is 14.2 Å². The normalized spacial score (nSPS) is 12.6. The lowest BCUT2D eigenvalue weighted by Gasteiger charge is -2.08. The molecule has 0 aliphatic heterocycles. The Morgan fingerprint density at radius 3 is 1.11 bits per heavy atom. The zero-order valence-electron chi connectivity index (χ0n) is 20.2. The molecule has 36 heavy (non-hydrogen) atoms. The zero-order chi connectivity index (χ0) is 24.2. The molecule has 2 aliphatic rings. The molecule has 172 valence electrons. The summed E-state index contributed by atoms with van der Waals surface area (Å²) in [6, 6.07) is 39.1. The molecule has 0 N–H and O–H groups in total. The van der Waals surface area contributed by atoms with Crippen molar-refractivity contribution < 1.29 is 9.47 Å². The summed E-state index contributed by atoms with van der Waals surface area (Å²) in [4.78, 5) is 0. The van der Waals surface area contributed by atoms with E-state index in [2.05, 4.69) is 84.9 Å². The minimum absolute atomic E-state index is 0.868. The van der Waals surface area contributed by atoms with Gasteiger partial charge in [0, 0.05) is 0 Å². The molecule has 0 spiro atoms. The maximum Gasteiger partial charge on any atom is 0.118 e. The average Bonchev–Trinajstić information content (AvgIpc) is 3.44. The van der Waals surface area contributed by atoms with Crippen molar-refractivity contribution >= 4 is 11.1 Å². The summed E-state index contributed by atoms with van der Waals surface area (Å²) < 4.78 is 10.8. The van der Waals surface area contributed by atoms with E-state index in [-0.39, 0.29) is 0 Å². The van der Waals surface area contributed by atoms with Crippen molar-refractivity contribution in [2.45, 2.75) is 0 Å². The third-order valence-electron chi connectivity index (χ3n) is 7.43. The standard InChI is InChI=1S/C34H24O2/c1-35-23-15-11-21(12-16-23)33-27-9-5-3-7-25(27)29-20-32-30(19-31(29)33)26-8-4-6-10-28(26)34(32)22-13-17-24(36-2)18-14-22/h3-20H,1-2H3. The highest BCUT2D eigenvalue weighted by Gasteiger charge is 2.26. The van der Waals surface area contributed by atoms with Crippen molar-refractivity contribution in [3.63, 3.8) is 0 Å². The lowest BCUT2D eigenvalue weighted by Crippen LogP contribution is -2.15. The topological polar surface area (TPSA) is 18.5 Å². The van der Waals surface area contributed by atoms with Crippen LogP contribution in [-0.4, -0.2) is 14.2 Å². The Morgan fingerprint density at radius 2 is 0.750 bits per heavy atom. The quantitative estimate of drug-likeness (QED) is 0.311. The van der Waals surface area contributed by atoms with E-state index in [1.54, 1.807) is 14.2 Å². The second-order valence-corrected chi connectivity index (χ2v) is 9.24. The van der Waals surface area contributed by atoms with Crippen LogP contribution in [0.25, 0.3) is 33.4 Å². The van der Waals surface area contributed by atoms with Crippen LogP contribution in [0.15, 0.2) is 109 Å². The highest BCUT2D eigenvalue weighted by Crippen LogP contribution is 2.40. The molecule has 0 atom stereocenters. The van der Waals surface area contributed by atoms with Gasteiger partial charge in [0.1, 0.15) is 11.5 Å². The first-order chi connectivity index (χ1) is 17.8. The molecule has 7 rings (SSSR count). The SMILES string of the molecule is COc1ccc(C2=c3cc4c(cc3-c3ccccc32)=C(c2ccc(OC)cc2)c2ccccc2-4)cc1. The van der Waals surface area contributed by atoms with E-state index in [0.29, 0.717) is 0 Å². The molecule has 5 aromatic rings. The fourth-order valence-corrected chi connectivity index (χ4v) is 5.76. The summed E-state index contributed by atoms with van der Waals surface area (Å²) in [5.41, 5.74) is 12.7. The van der Waals surface area contributed by atoms with Crippen LogP contribution >= 0.6 is 0 Å². The van der Waals surface area contributed by atoms with Gasteiger partial charge in [-0.2, -0.15) is 0 Å². The van der Waals surface area contributed by atoms with E-state index >= 15 is 0 Å². The van der Waals surface area contributed by atoms with Crippen molar-refractivity contribution in [1.82, 2.24) is 0 Å². The van der Waals surface area contributed by atoms with Gasteiger partial charge in [-0.1, -0.05) is 72.8 Å². The number of methoxy groups -OCH3 is 2. The van der Waals surface area contributed by atoms with E-state index in [1.807, 2.05) is 24.3 Å². The Hall–Kier alpha value is -4.56. The van der Waals surface area contributed by atoms with E-state index < -0.39 is 0 Å². The van der Waals surface area contributed by atoms with Gasteiger partial charge in [0.25, 0.3) is 0 Å². The lowest BCUT2D eigenvalue weighted by atomic mass is 9.97. The van der Waals surface area contributed by atoms with Gasteiger partial charge >= 0.3 is 0 Å². The minimum atomic E-state index is 0.868. The second-order valence-electron chi connectivity index (χ2n) is 9.24. The first-order valence-electron chi connectivity index (χ1n) is 12.2. The maximum atomic E-state index is 5.42. The minimum Gasteiger partial charge on any atom is -0.497 e. The van der Waals surface area contributed by atoms with Gasteiger partial charge in [-0.05, 0) is 102 Å². The molecule has 0 heterocycles. The van der Waals surface area contributed by atoms with Crippen LogP contribution < -0.4 is 19.9 Å². The third kappa shape index (κ3) is 2.98. The van der Waals surface area contributed by atoms with Crippen LogP contribution in [-0.2, 0) is 0 Å². The van der Waals surface area contributed by atoms with Crippen LogP contribution in [0.5, 0.6) is 11.5 Å². The Labute approximate surface area is 210 Å². The molecule has 5 aromatic carbocycles. The molecule has 0 aromatic heterocycles. The molecule has 0 saturated carbocycles. The van der Waals surface area contributed by atoms with Crippen molar-refractivity contribution in [2.24, 2.45) is 0 Å². The Bertz CT molecular complexity index is 1640. The summed E-state index contributed by atoms with van der Waals surface area (Å²) in [6.45, 7) is 0. The van der Waals surface area contributed by atoms with Crippen molar-refractivity contribution in [1.29, 1.82) is 0 Å². The summed E-state index contributed by atoms with van der Waals surface area (Å²) in [5, 5.41) is 2.57. The van der Waals surface area contributed by atoms with E-state index in [9.17, 15) is 0 Å². The van der Waals surface area contributed by atoms with E-state index in [1.165, 1.54) is 66.1 Å². The first kappa shape index (κ1) is 20.8. The predicted molar refractivity (Wildman–Crippen MR) is 146 cm³/mol. The van der Waals surface area contributed by atoms with Gasteiger partial charge in [-0.15, -0.1) is 0 Å². The first-order valence-corrected chi connectivity index (χ1v) is 12.2. The second kappa shape index (κ2) is 8.00. The van der Waals surface area contributed by atoms with E-state index in [0.717, 1.165) is 11.5 Å². The Kier molecular flexibility index (Phi) is 4.62. The van der Waals surface area contributed by atoms with Crippen LogP contribution in [0, 0.1) is 0 Å². The number of ether oxygens (including phenoxy) is 2. The van der Waals surface area contributed by atoms with Gasteiger partial charge in [-0.3, -0.25) is 0 Å². The largest absolute Gasteiger partial charge is 0.497 e. The number of hydrogen-bond acceptors (Lipinski definition) is 2. The summed E-state index contributed by atoms with van der Waals surface area (Å²) in [6.07, 6.45) is 0. The lowest BCUT2D eigenvalue weighted by molar-refractivity contribution is 0.414. The molecule has 2 nitrogen and oxygen atoms in total.